The van der Waals surface area contributed by atoms with Crippen LogP contribution in [0, 0.1) is 10.1 Å². The third kappa shape index (κ3) is 4.32. The Kier molecular flexibility index (Phi) is 5.54. The largest absolute Gasteiger partial charge is 0.478 e. The molecule has 2 aromatic carbocycles. The van der Waals surface area contributed by atoms with Crippen molar-refractivity contribution in [3.63, 3.8) is 0 Å². The molecule has 0 aromatic heterocycles. The second-order valence-electron chi connectivity index (χ2n) is 4.86. The summed E-state index contributed by atoms with van der Waals surface area (Å²) in [5.41, 5.74) is 0.315. The number of aromatic carboxylic acids is 1. The lowest BCUT2D eigenvalue weighted by atomic mass is 10.2. The number of carbonyl (C=O) groups is 2. The van der Waals surface area contributed by atoms with E-state index in [4.69, 9.17) is 5.11 Å². The molecular formula is C16H14N2O5S. The van der Waals surface area contributed by atoms with Crippen LogP contribution in [-0.2, 0) is 4.79 Å². The van der Waals surface area contributed by atoms with Gasteiger partial charge in [-0.1, -0.05) is 18.2 Å². The highest BCUT2D eigenvalue weighted by molar-refractivity contribution is 8.00. The molecule has 2 aromatic rings. The first kappa shape index (κ1) is 17.5. The van der Waals surface area contributed by atoms with Gasteiger partial charge in [0.2, 0.25) is 5.91 Å². The molecule has 0 aliphatic heterocycles. The first-order chi connectivity index (χ1) is 11.4. The highest BCUT2D eigenvalue weighted by atomic mass is 32.2. The monoisotopic (exact) mass is 346 g/mol. The Morgan fingerprint density at radius 3 is 2.58 bits per heavy atom. The highest BCUT2D eigenvalue weighted by Crippen LogP contribution is 2.28. The minimum atomic E-state index is -1.07. The van der Waals surface area contributed by atoms with E-state index in [-0.39, 0.29) is 17.2 Å². The van der Waals surface area contributed by atoms with Gasteiger partial charge in [0.05, 0.1) is 15.7 Å². The number of nitrogens with one attached hydrogen (secondary N) is 1. The van der Waals surface area contributed by atoms with Crippen LogP contribution in [0.3, 0.4) is 0 Å². The van der Waals surface area contributed by atoms with E-state index in [1.54, 1.807) is 31.2 Å². The molecule has 1 amide bonds. The number of nitro benzene ring substituents is 1. The molecule has 2 N–H and O–H groups in total. The molecule has 8 heteroatoms. The SMILES string of the molecule is C[C@H](Sc1ccccc1C(=O)O)C(=O)Nc1cccc([N+](=O)[O-])c1. The molecule has 0 radical (unpaired) electrons. The average Bonchev–Trinajstić information content (AvgIpc) is 2.55. The average molecular weight is 346 g/mol. The number of carbonyl (C=O) groups excluding carboxylic acids is 1. The van der Waals surface area contributed by atoms with E-state index < -0.39 is 16.1 Å². The van der Waals surface area contributed by atoms with Crippen molar-refractivity contribution in [2.45, 2.75) is 17.1 Å². The zero-order valence-corrected chi connectivity index (χ0v) is 13.4. The Bertz CT molecular complexity index is 794. The standard InChI is InChI=1S/C16H14N2O5S/c1-10(24-14-8-3-2-7-13(14)16(20)21)15(19)17-11-5-4-6-12(9-11)18(22)23/h2-10H,1H3,(H,17,19)(H,20,21)/t10-/m0/s1. The third-order valence-electron chi connectivity index (χ3n) is 3.11. The molecule has 0 aliphatic rings. The van der Waals surface area contributed by atoms with Crippen LogP contribution < -0.4 is 5.32 Å². The summed E-state index contributed by atoms with van der Waals surface area (Å²) in [4.78, 5) is 34.1. The van der Waals surface area contributed by atoms with Gasteiger partial charge in [0.15, 0.2) is 0 Å². The third-order valence-corrected chi connectivity index (χ3v) is 4.29. The van der Waals surface area contributed by atoms with Crippen molar-refractivity contribution in [1.29, 1.82) is 0 Å². The Balaban J connectivity index is 2.09. The van der Waals surface area contributed by atoms with Gasteiger partial charge in [-0.3, -0.25) is 14.9 Å². The number of non-ortho nitro benzene ring substituents is 1. The maximum absolute atomic E-state index is 12.2. The number of hydrogen-bond acceptors (Lipinski definition) is 5. The van der Waals surface area contributed by atoms with Gasteiger partial charge in [0.25, 0.3) is 5.69 Å². The number of amides is 1. The van der Waals surface area contributed by atoms with Gasteiger partial charge in [-0.2, -0.15) is 0 Å². The first-order valence-corrected chi connectivity index (χ1v) is 7.80. The minimum Gasteiger partial charge on any atom is -0.478 e. The van der Waals surface area contributed by atoms with Crippen molar-refractivity contribution in [2.75, 3.05) is 5.32 Å². The van der Waals surface area contributed by atoms with Crippen LogP contribution in [0.25, 0.3) is 0 Å². The van der Waals surface area contributed by atoms with Gasteiger partial charge in [0.1, 0.15) is 0 Å². The summed E-state index contributed by atoms with van der Waals surface area (Å²) in [5.74, 6) is -1.44. The fourth-order valence-electron chi connectivity index (χ4n) is 1.93. The van der Waals surface area contributed by atoms with E-state index in [0.29, 0.717) is 10.6 Å². The van der Waals surface area contributed by atoms with Crippen molar-refractivity contribution < 1.29 is 19.6 Å². The fraction of sp³-hybridized carbons (Fsp3) is 0.125. The zero-order valence-electron chi connectivity index (χ0n) is 12.6. The van der Waals surface area contributed by atoms with Gasteiger partial charge in [0, 0.05) is 22.7 Å². The summed E-state index contributed by atoms with van der Waals surface area (Å²) in [6, 6.07) is 12.0. The number of anilines is 1. The van der Waals surface area contributed by atoms with Crippen LogP contribution in [0.1, 0.15) is 17.3 Å². The van der Waals surface area contributed by atoms with E-state index in [1.165, 1.54) is 24.3 Å². The van der Waals surface area contributed by atoms with Gasteiger partial charge in [-0.05, 0) is 25.1 Å². The van der Waals surface area contributed by atoms with Crippen molar-refractivity contribution in [3.8, 4) is 0 Å². The van der Waals surface area contributed by atoms with E-state index in [0.717, 1.165) is 11.8 Å². The molecule has 0 saturated carbocycles. The Morgan fingerprint density at radius 2 is 1.92 bits per heavy atom. The molecule has 0 bridgehead atoms. The number of carboxylic acids is 1. The first-order valence-electron chi connectivity index (χ1n) is 6.93. The Labute approximate surface area is 141 Å². The predicted octanol–water partition coefficient (Wildman–Crippen LogP) is 3.41. The number of thioether (sulfide) groups is 1. The van der Waals surface area contributed by atoms with Crippen molar-refractivity contribution in [1.82, 2.24) is 0 Å². The molecule has 0 heterocycles. The van der Waals surface area contributed by atoms with Gasteiger partial charge < -0.3 is 10.4 Å². The summed E-state index contributed by atoms with van der Waals surface area (Å²) in [7, 11) is 0. The fourth-order valence-corrected chi connectivity index (χ4v) is 2.92. The molecule has 7 nitrogen and oxygen atoms in total. The van der Waals surface area contributed by atoms with Crippen molar-refractivity contribution in [3.05, 3.63) is 64.2 Å². The summed E-state index contributed by atoms with van der Waals surface area (Å²) in [5, 5.41) is 21.9. The van der Waals surface area contributed by atoms with Crippen LogP contribution in [0.2, 0.25) is 0 Å². The lowest BCUT2D eigenvalue weighted by Crippen LogP contribution is -2.22. The van der Waals surface area contributed by atoms with Gasteiger partial charge in [-0.15, -0.1) is 11.8 Å². The second kappa shape index (κ2) is 7.60. The highest BCUT2D eigenvalue weighted by Gasteiger charge is 2.19. The number of nitro groups is 1. The van der Waals surface area contributed by atoms with Crippen LogP contribution in [0.15, 0.2) is 53.4 Å². The number of rotatable bonds is 6. The maximum atomic E-state index is 12.2. The summed E-state index contributed by atoms with van der Waals surface area (Å²) < 4.78 is 0. The van der Waals surface area contributed by atoms with E-state index in [1.807, 2.05) is 0 Å². The quantitative estimate of drug-likeness (QED) is 0.471. The molecule has 2 rings (SSSR count). The van der Waals surface area contributed by atoms with Crippen LogP contribution in [0.5, 0.6) is 0 Å². The Morgan fingerprint density at radius 1 is 1.21 bits per heavy atom. The molecule has 0 fully saturated rings. The smallest absolute Gasteiger partial charge is 0.336 e. The second-order valence-corrected chi connectivity index (χ2v) is 6.24. The molecule has 124 valence electrons. The van der Waals surface area contributed by atoms with Crippen molar-refractivity contribution in [2.24, 2.45) is 0 Å². The normalized spacial score (nSPS) is 11.5. The predicted molar refractivity (Wildman–Crippen MR) is 90.4 cm³/mol. The van der Waals surface area contributed by atoms with E-state index >= 15 is 0 Å². The maximum Gasteiger partial charge on any atom is 0.336 e. The van der Waals surface area contributed by atoms with Gasteiger partial charge in [-0.25, -0.2) is 4.79 Å². The molecule has 0 aliphatic carbocycles. The van der Waals surface area contributed by atoms with Crippen LogP contribution >= 0.6 is 11.8 Å². The topological polar surface area (TPSA) is 110 Å². The number of benzene rings is 2. The summed E-state index contributed by atoms with van der Waals surface area (Å²) >= 11 is 1.11. The molecular weight excluding hydrogens is 332 g/mol. The number of carboxylic acid groups (broad SMARTS) is 1. The van der Waals surface area contributed by atoms with Gasteiger partial charge >= 0.3 is 5.97 Å². The number of nitrogens with zero attached hydrogens (tertiary/aromatic N) is 1. The minimum absolute atomic E-state index is 0.121. The zero-order chi connectivity index (χ0) is 17.7. The molecule has 0 unspecified atom stereocenters. The van der Waals surface area contributed by atoms with E-state index in [9.17, 15) is 19.7 Å². The number of hydrogen-bond donors (Lipinski definition) is 2. The van der Waals surface area contributed by atoms with Crippen LogP contribution in [-0.4, -0.2) is 27.2 Å². The van der Waals surface area contributed by atoms with Crippen molar-refractivity contribution >= 4 is 35.0 Å². The molecule has 24 heavy (non-hydrogen) atoms. The molecule has 0 saturated heterocycles. The summed E-state index contributed by atoms with van der Waals surface area (Å²) in [6.45, 7) is 1.63. The summed E-state index contributed by atoms with van der Waals surface area (Å²) in [6.07, 6.45) is 0. The lowest BCUT2D eigenvalue weighted by Gasteiger charge is -2.13. The lowest BCUT2D eigenvalue weighted by molar-refractivity contribution is -0.384. The molecule has 0 spiro atoms. The molecule has 1 atom stereocenters. The van der Waals surface area contributed by atoms with Crippen LogP contribution in [0.4, 0.5) is 11.4 Å². The Hall–Kier alpha value is -2.87. The van der Waals surface area contributed by atoms with E-state index in [2.05, 4.69) is 5.32 Å².